The Morgan fingerprint density at radius 1 is 0.577 bits per heavy atom. The second kappa shape index (κ2) is 16.2. The van der Waals surface area contributed by atoms with E-state index in [0.717, 1.165) is 0 Å². The Bertz CT molecular complexity index is 1950. The second-order valence-corrected chi connectivity index (χ2v) is 13.8. The summed E-state index contributed by atoms with van der Waals surface area (Å²) in [7, 11) is 0. The predicted molar refractivity (Wildman–Crippen MR) is 202 cm³/mol. The summed E-state index contributed by atoms with van der Waals surface area (Å²) in [6, 6.07) is 3.53. The highest BCUT2D eigenvalue weighted by molar-refractivity contribution is 6.15. The summed E-state index contributed by atoms with van der Waals surface area (Å²) in [4.78, 5) is 30.6. The van der Waals surface area contributed by atoms with Crippen molar-refractivity contribution in [3.63, 3.8) is 0 Å². The third-order valence-electron chi connectivity index (χ3n) is 9.29. The van der Waals surface area contributed by atoms with E-state index in [1.165, 1.54) is 12.4 Å². The zero-order valence-electron chi connectivity index (χ0n) is 30.4. The maximum absolute atomic E-state index is 12.2. The van der Waals surface area contributed by atoms with E-state index in [-0.39, 0.29) is 93.8 Å². The van der Waals surface area contributed by atoms with Crippen molar-refractivity contribution in [1.82, 2.24) is 0 Å². The van der Waals surface area contributed by atoms with E-state index >= 15 is 0 Å². The van der Waals surface area contributed by atoms with Crippen molar-refractivity contribution in [2.24, 2.45) is 9.98 Å². The van der Waals surface area contributed by atoms with Gasteiger partial charge in [-0.15, -0.1) is 0 Å². The van der Waals surface area contributed by atoms with E-state index in [4.69, 9.17) is 10.2 Å². The van der Waals surface area contributed by atoms with Crippen LogP contribution in [0, 0.1) is 13.8 Å². The van der Waals surface area contributed by atoms with E-state index in [0.29, 0.717) is 58.7 Å². The Balaban J connectivity index is 2.04. The van der Waals surface area contributed by atoms with E-state index in [1.807, 2.05) is 27.7 Å². The number of fused-ring (bicyclic) bond motifs is 2. The fourth-order valence-corrected chi connectivity index (χ4v) is 6.89. The van der Waals surface area contributed by atoms with Crippen LogP contribution in [-0.4, -0.2) is 78.3 Å². The lowest BCUT2D eigenvalue weighted by Crippen LogP contribution is -2.01. The first-order valence-electron chi connectivity index (χ1n) is 17.4. The lowest BCUT2D eigenvalue weighted by atomic mass is 9.83. The summed E-state index contributed by atoms with van der Waals surface area (Å²) in [5.41, 5.74) is 2.43. The first kappa shape index (κ1) is 39.3. The van der Waals surface area contributed by atoms with Crippen LogP contribution in [0.25, 0.3) is 32.7 Å². The minimum Gasteiger partial charge on any atom is -0.507 e. The molecule has 0 bridgehead atoms. The van der Waals surface area contributed by atoms with Crippen LogP contribution < -0.4 is 0 Å². The number of aliphatic imine (C=N–C) groups is 2. The van der Waals surface area contributed by atoms with Crippen LogP contribution in [-0.2, 0) is 9.59 Å². The van der Waals surface area contributed by atoms with Crippen LogP contribution in [0.5, 0.6) is 34.5 Å². The summed E-state index contributed by atoms with van der Waals surface area (Å²) in [5.74, 6) is -4.64. The van der Waals surface area contributed by atoms with Gasteiger partial charge in [-0.1, -0.05) is 39.8 Å². The highest BCUT2D eigenvalue weighted by atomic mass is 16.4. The van der Waals surface area contributed by atoms with Gasteiger partial charge in [0.25, 0.3) is 0 Å². The molecular formula is C40H48N2O10. The van der Waals surface area contributed by atoms with Crippen molar-refractivity contribution in [2.45, 2.75) is 91.9 Å². The molecule has 0 radical (unpaired) electrons. The molecule has 0 saturated heterocycles. The molecule has 0 saturated carbocycles. The fourth-order valence-electron chi connectivity index (χ4n) is 6.89. The number of phenolic OH excluding ortho intramolecular Hbond substituents is 6. The molecule has 0 amide bonds. The van der Waals surface area contributed by atoms with Gasteiger partial charge < -0.3 is 40.9 Å². The number of carboxylic acids is 2. The van der Waals surface area contributed by atoms with Crippen molar-refractivity contribution < 1.29 is 50.4 Å². The molecule has 0 unspecified atom stereocenters. The number of aromatic hydroxyl groups is 6. The quantitative estimate of drug-likeness (QED) is 0.0335. The van der Waals surface area contributed by atoms with E-state index in [2.05, 4.69) is 9.98 Å². The van der Waals surface area contributed by atoms with Gasteiger partial charge >= 0.3 is 11.9 Å². The Hall–Kier alpha value is -5.52. The normalized spacial score (nSPS) is 12.1. The van der Waals surface area contributed by atoms with Gasteiger partial charge in [-0.3, -0.25) is 19.6 Å². The van der Waals surface area contributed by atoms with Crippen LogP contribution >= 0.6 is 0 Å². The molecule has 0 aromatic heterocycles. The number of unbranched alkanes of at least 4 members (excludes halogenated alkanes) is 2. The molecule has 4 aromatic rings. The van der Waals surface area contributed by atoms with Crippen molar-refractivity contribution in [1.29, 1.82) is 0 Å². The monoisotopic (exact) mass is 716 g/mol. The van der Waals surface area contributed by atoms with Gasteiger partial charge in [-0.25, -0.2) is 0 Å². The molecule has 8 N–H and O–H groups in total. The molecule has 0 fully saturated rings. The SMILES string of the molecule is Cc1cc2c(C(C)C)c(O)c(O)c(C=NCCCCC(=O)O)c2c(O)c1-c1c(C)cc2c(C(C)C)c(O)c(O)c(C=NCCCCC(=O)O)c2c1O. The third-order valence-corrected chi connectivity index (χ3v) is 9.29. The van der Waals surface area contributed by atoms with Crippen molar-refractivity contribution in [3.8, 4) is 45.6 Å². The van der Waals surface area contributed by atoms with E-state index in [1.54, 1.807) is 26.0 Å². The van der Waals surface area contributed by atoms with Gasteiger partial charge in [0.05, 0.1) is 0 Å². The summed E-state index contributed by atoms with van der Waals surface area (Å²) in [6.45, 7) is 11.3. The molecule has 0 spiro atoms. The Morgan fingerprint density at radius 2 is 0.923 bits per heavy atom. The van der Waals surface area contributed by atoms with Gasteiger partial charge in [0, 0.05) is 82.5 Å². The van der Waals surface area contributed by atoms with Crippen LogP contribution in [0.1, 0.15) is 111 Å². The number of nitrogens with zero attached hydrogens (tertiary/aromatic N) is 2. The number of rotatable bonds is 15. The highest BCUT2D eigenvalue weighted by Crippen LogP contribution is 2.54. The number of benzene rings is 4. The van der Waals surface area contributed by atoms with Gasteiger partial charge in [0.2, 0.25) is 0 Å². The van der Waals surface area contributed by atoms with Crippen molar-refractivity contribution in [2.75, 3.05) is 13.1 Å². The average Bonchev–Trinajstić information content (AvgIpc) is 3.04. The summed E-state index contributed by atoms with van der Waals surface area (Å²) < 4.78 is 0. The topological polar surface area (TPSA) is 221 Å². The molecule has 0 aliphatic carbocycles. The summed E-state index contributed by atoms with van der Waals surface area (Å²) >= 11 is 0. The Morgan fingerprint density at radius 3 is 1.23 bits per heavy atom. The second-order valence-electron chi connectivity index (χ2n) is 13.8. The molecular weight excluding hydrogens is 668 g/mol. The number of carboxylic acid groups (broad SMARTS) is 2. The van der Waals surface area contributed by atoms with Gasteiger partial charge in [-0.05, 0) is 73.3 Å². The Labute approximate surface area is 302 Å². The molecule has 0 atom stereocenters. The first-order chi connectivity index (χ1) is 24.5. The Kier molecular flexibility index (Phi) is 12.2. The number of aliphatic carboxylic acids is 2. The van der Waals surface area contributed by atoms with Gasteiger partial charge in [0.1, 0.15) is 11.5 Å². The van der Waals surface area contributed by atoms with Crippen molar-refractivity contribution in [3.05, 3.63) is 45.5 Å². The van der Waals surface area contributed by atoms with Gasteiger partial charge in [0.15, 0.2) is 23.0 Å². The van der Waals surface area contributed by atoms with Gasteiger partial charge in [-0.2, -0.15) is 0 Å². The minimum atomic E-state index is -0.915. The first-order valence-corrected chi connectivity index (χ1v) is 17.4. The van der Waals surface area contributed by atoms with Crippen LogP contribution in [0.3, 0.4) is 0 Å². The number of carbonyl (C=O) groups is 2. The maximum Gasteiger partial charge on any atom is 0.303 e. The molecule has 0 aliphatic heterocycles. The molecule has 4 aromatic carbocycles. The van der Waals surface area contributed by atoms with Crippen LogP contribution in [0.4, 0.5) is 0 Å². The molecule has 4 rings (SSSR count). The number of phenols is 6. The standard InChI is InChI=1S/C40H48N2O10/c1-19(2)29-23-15-21(5)31(37(49)33(23)25(35(47)39(29)51)17-41-13-9-7-11-27(43)44)32-22(6)16-24-30(20(3)4)40(52)36(48)26(34(24)38(32)50)18-42-14-10-8-12-28(45)46/h15-20,47-52H,7-14H2,1-6H3,(H,43,44)(H,45,46). The zero-order valence-corrected chi connectivity index (χ0v) is 30.4. The average molecular weight is 717 g/mol. The maximum atomic E-state index is 12.2. The van der Waals surface area contributed by atoms with E-state index < -0.39 is 23.4 Å². The lowest BCUT2D eigenvalue weighted by Gasteiger charge is -2.23. The third kappa shape index (κ3) is 7.70. The number of hydrogen-bond acceptors (Lipinski definition) is 10. The fraction of sp³-hybridized carbons (Fsp3) is 0.400. The zero-order chi connectivity index (χ0) is 38.6. The molecule has 52 heavy (non-hydrogen) atoms. The van der Waals surface area contributed by atoms with Crippen LogP contribution in [0.15, 0.2) is 22.1 Å². The number of aryl methyl sites for hydroxylation is 2. The smallest absolute Gasteiger partial charge is 0.303 e. The molecule has 278 valence electrons. The number of hydrogen-bond donors (Lipinski definition) is 8. The van der Waals surface area contributed by atoms with Crippen molar-refractivity contribution >= 4 is 45.9 Å². The van der Waals surface area contributed by atoms with E-state index in [9.17, 15) is 40.2 Å². The summed E-state index contributed by atoms with van der Waals surface area (Å²) in [5, 5.41) is 88.4. The molecule has 12 nitrogen and oxygen atoms in total. The molecule has 0 aliphatic rings. The minimum absolute atomic E-state index is 0.0119. The highest BCUT2D eigenvalue weighted by Gasteiger charge is 2.29. The largest absolute Gasteiger partial charge is 0.507 e. The predicted octanol–water partition coefficient (Wildman–Crippen LogP) is 8.10. The molecule has 12 heteroatoms. The van der Waals surface area contributed by atoms with Crippen LogP contribution in [0.2, 0.25) is 0 Å². The lowest BCUT2D eigenvalue weighted by molar-refractivity contribution is -0.138. The summed E-state index contributed by atoms with van der Waals surface area (Å²) in [6.07, 6.45) is 4.39. The molecule has 0 heterocycles.